The number of rotatable bonds is 5. The van der Waals surface area contributed by atoms with E-state index in [4.69, 9.17) is 6.42 Å². The van der Waals surface area contributed by atoms with Crippen molar-refractivity contribution in [2.75, 3.05) is 18.9 Å². The molecule has 0 saturated heterocycles. The van der Waals surface area contributed by atoms with Crippen molar-refractivity contribution >= 4 is 23.2 Å². The number of aromatic nitrogens is 3. The smallest absolute Gasteiger partial charge is 0.243 e. The van der Waals surface area contributed by atoms with Gasteiger partial charge in [0, 0.05) is 24.5 Å². The van der Waals surface area contributed by atoms with Crippen LogP contribution in [-0.4, -0.2) is 40.1 Å². The molecule has 8 heteroatoms. The molecule has 3 rings (SSSR count). The Kier molecular flexibility index (Phi) is 5.64. The highest BCUT2D eigenvalue weighted by atomic mass is 16.1. The number of amides is 1. The number of terminal acetylenes is 1. The van der Waals surface area contributed by atoms with Crippen LogP contribution in [0.4, 0.5) is 5.69 Å². The third-order valence-electron chi connectivity index (χ3n) is 3.75. The van der Waals surface area contributed by atoms with Crippen molar-refractivity contribution in [2.45, 2.75) is 6.54 Å². The van der Waals surface area contributed by atoms with Crippen LogP contribution in [0.3, 0.4) is 0 Å². The van der Waals surface area contributed by atoms with E-state index in [1.54, 1.807) is 31.3 Å². The Morgan fingerprint density at radius 1 is 1.22 bits per heavy atom. The number of pyridine rings is 1. The molecule has 0 saturated carbocycles. The second-order valence-electron chi connectivity index (χ2n) is 5.60. The molecular formula is C19H19N7O. The Labute approximate surface area is 156 Å². The quantitative estimate of drug-likeness (QED) is 0.358. The molecule has 3 N–H and O–H groups in total. The van der Waals surface area contributed by atoms with Crippen LogP contribution in [0.2, 0.25) is 0 Å². The number of nitrogens with zero attached hydrogens (tertiary/aromatic N) is 4. The first-order valence-electron chi connectivity index (χ1n) is 8.29. The summed E-state index contributed by atoms with van der Waals surface area (Å²) in [6.07, 6.45) is 7.25. The first-order chi connectivity index (χ1) is 13.2. The zero-order chi connectivity index (χ0) is 19.1. The molecule has 2 heterocycles. The van der Waals surface area contributed by atoms with Crippen LogP contribution in [0, 0.1) is 12.3 Å². The zero-order valence-corrected chi connectivity index (χ0v) is 14.8. The van der Waals surface area contributed by atoms with E-state index in [0.29, 0.717) is 23.8 Å². The fraction of sp³-hybridized carbons (Fsp3) is 0.158. The molecule has 0 spiro atoms. The predicted molar refractivity (Wildman–Crippen MR) is 104 cm³/mol. The second kappa shape index (κ2) is 8.49. The number of nitrogens with one attached hydrogen (secondary N) is 3. The van der Waals surface area contributed by atoms with Crippen LogP contribution < -0.4 is 16.0 Å². The summed E-state index contributed by atoms with van der Waals surface area (Å²) in [4.78, 5) is 16.2. The third-order valence-corrected chi connectivity index (χ3v) is 3.75. The van der Waals surface area contributed by atoms with E-state index in [1.807, 2.05) is 28.8 Å². The van der Waals surface area contributed by atoms with Gasteiger partial charge in [-0.05, 0) is 30.3 Å². The fourth-order valence-corrected chi connectivity index (χ4v) is 2.45. The number of aliphatic imine (C=N–C) groups is 1. The van der Waals surface area contributed by atoms with E-state index < -0.39 is 0 Å². The van der Waals surface area contributed by atoms with Gasteiger partial charge in [0.25, 0.3) is 0 Å². The maximum Gasteiger partial charge on any atom is 0.243 e. The molecule has 27 heavy (non-hydrogen) atoms. The zero-order valence-electron chi connectivity index (χ0n) is 14.8. The topological polar surface area (TPSA) is 95.7 Å². The SMILES string of the molecule is C#Cc1cccc(NC(=O)CNC(=NC)NCc2nnc3ccccn23)c1. The van der Waals surface area contributed by atoms with Crippen molar-refractivity contribution < 1.29 is 4.79 Å². The molecule has 2 aromatic heterocycles. The van der Waals surface area contributed by atoms with Crippen molar-refractivity contribution in [3.05, 3.63) is 60.0 Å². The number of carbonyl (C=O) groups is 1. The molecular weight excluding hydrogens is 342 g/mol. The Morgan fingerprint density at radius 2 is 2.11 bits per heavy atom. The van der Waals surface area contributed by atoms with Gasteiger partial charge in [-0.1, -0.05) is 18.1 Å². The monoisotopic (exact) mass is 361 g/mol. The van der Waals surface area contributed by atoms with Crippen LogP contribution >= 0.6 is 0 Å². The van der Waals surface area contributed by atoms with Gasteiger partial charge in [-0.3, -0.25) is 14.2 Å². The minimum Gasteiger partial charge on any atom is -0.349 e. The summed E-state index contributed by atoms with van der Waals surface area (Å²) in [5.41, 5.74) is 2.12. The van der Waals surface area contributed by atoms with E-state index >= 15 is 0 Å². The highest BCUT2D eigenvalue weighted by Gasteiger charge is 2.07. The summed E-state index contributed by atoms with van der Waals surface area (Å²) >= 11 is 0. The third kappa shape index (κ3) is 4.61. The van der Waals surface area contributed by atoms with E-state index in [1.165, 1.54) is 0 Å². The summed E-state index contributed by atoms with van der Waals surface area (Å²) in [6.45, 7) is 0.469. The van der Waals surface area contributed by atoms with Gasteiger partial charge in [-0.25, -0.2) is 0 Å². The minimum atomic E-state index is -0.208. The number of hydrogen-bond acceptors (Lipinski definition) is 4. The van der Waals surface area contributed by atoms with Crippen LogP contribution in [0.15, 0.2) is 53.7 Å². The molecule has 0 aliphatic heterocycles. The molecule has 0 radical (unpaired) electrons. The molecule has 0 fully saturated rings. The summed E-state index contributed by atoms with van der Waals surface area (Å²) in [6, 6.07) is 12.8. The Balaban J connectivity index is 1.51. The van der Waals surface area contributed by atoms with E-state index in [0.717, 1.165) is 11.5 Å². The van der Waals surface area contributed by atoms with E-state index in [9.17, 15) is 4.79 Å². The van der Waals surface area contributed by atoms with E-state index in [2.05, 4.69) is 37.1 Å². The Bertz CT molecular complexity index is 1020. The van der Waals surface area contributed by atoms with Gasteiger partial charge < -0.3 is 16.0 Å². The number of hydrogen-bond donors (Lipinski definition) is 3. The molecule has 8 nitrogen and oxygen atoms in total. The van der Waals surface area contributed by atoms with Gasteiger partial charge >= 0.3 is 0 Å². The molecule has 3 aromatic rings. The fourth-order valence-electron chi connectivity index (χ4n) is 2.45. The lowest BCUT2D eigenvalue weighted by Crippen LogP contribution is -2.41. The average molecular weight is 361 g/mol. The largest absolute Gasteiger partial charge is 0.349 e. The second-order valence-corrected chi connectivity index (χ2v) is 5.60. The number of benzene rings is 1. The predicted octanol–water partition coefficient (Wildman–Crippen LogP) is 1.01. The minimum absolute atomic E-state index is 0.0561. The number of guanidine groups is 1. The summed E-state index contributed by atoms with van der Waals surface area (Å²) in [5.74, 6) is 3.55. The first-order valence-corrected chi connectivity index (χ1v) is 8.29. The first kappa shape index (κ1) is 17.9. The van der Waals surface area contributed by atoms with Gasteiger partial charge in [0.05, 0.1) is 13.1 Å². The van der Waals surface area contributed by atoms with Crippen LogP contribution in [0.5, 0.6) is 0 Å². The Morgan fingerprint density at radius 3 is 2.93 bits per heavy atom. The molecule has 0 aliphatic rings. The normalized spacial score (nSPS) is 11.0. The molecule has 1 aromatic carbocycles. The maximum absolute atomic E-state index is 12.1. The lowest BCUT2D eigenvalue weighted by molar-refractivity contribution is -0.115. The summed E-state index contributed by atoms with van der Waals surface area (Å²) < 4.78 is 1.88. The van der Waals surface area contributed by atoms with Crippen molar-refractivity contribution in [3.63, 3.8) is 0 Å². The molecule has 136 valence electrons. The van der Waals surface area contributed by atoms with Crippen molar-refractivity contribution in [1.82, 2.24) is 25.2 Å². The molecule has 1 amide bonds. The highest BCUT2D eigenvalue weighted by Crippen LogP contribution is 2.09. The lowest BCUT2D eigenvalue weighted by atomic mass is 10.2. The van der Waals surface area contributed by atoms with Gasteiger partial charge in [-0.15, -0.1) is 16.6 Å². The summed E-state index contributed by atoms with van der Waals surface area (Å²) in [7, 11) is 1.63. The number of carbonyl (C=O) groups excluding carboxylic acids is 1. The van der Waals surface area contributed by atoms with Gasteiger partial charge in [0.2, 0.25) is 5.91 Å². The van der Waals surface area contributed by atoms with Gasteiger partial charge in [0.1, 0.15) is 0 Å². The number of anilines is 1. The molecule has 0 unspecified atom stereocenters. The lowest BCUT2D eigenvalue weighted by Gasteiger charge is -2.11. The van der Waals surface area contributed by atoms with Gasteiger partial charge in [-0.2, -0.15) is 0 Å². The molecule has 0 aliphatic carbocycles. The van der Waals surface area contributed by atoms with Gasteiger partial charge in [0.15, 0.2) is 17.4 Å². The average Bonchev–Trinajstić information content (AvgIpc) is 3.11. The van der Waals surface area contributed by atoms with Crippen molar-refractivity contribution in [3.8, 4) is 12.3 Å². The number of fused-ring (bicyclic) bond motifs is 1. The van der Waals surface area contributed by atoms with E-state index in [-0.39, 0.29) is 12.5 Å². The standard InChI is InChI=1S/C19H19N7O/c1-3-14-7-6-8-15(11-14)23-18(27)13-22-19(20-2)21-12-17-25-24-16-9-4-5-10-26(16)17/h1,4-11H,12-13H2,2H3,(H,23,27)(H2,20,21,22). The summed E-state index contributed by atoms with van der Waals surface area (Å²) in [5, 5.41) is 17.1. The molecule has 0 bridgehead atoms. The molecule has 0 atom stereocenters. The Hall–Kier alpha value is -3.86. The van der Waals surface area contributed by atoms with Crippen LogP contribution in [0.1, 0.15) is 11.4 Å². The van der Waals surface area contributed by atoms with Crippen molar-refractivity contribution in [2.24, 2.45) is 4.99 Å². The highest BCUT2D eigenvalue weighted by molar-refractivity contribution is 5.95. The van der Waals surface area contributed by atoms with Crippen molar-refractivity contribution in [1.29, 1.82) is 0 Å². The van der Waals surface area contributed by atoms with Crippen LogP contribution in [-0.2, 0) is 11.3 Å². The maximum atomic E-state index is 12.1. The van der Waals surface area contributed by atoms with Crippen LogP contribution in [0.25, 0.3) is 5.65 Å².